The standard InChI is InChI=1S/C12H10Cl2N2O2/c13-7-1-5(3-9(15)11(7)17)6-2-8(14)12(18)10(16)4-6/h1-4,17-18H,15-16H2. The van der Waals surface area contributed by atoms with Crippen molar-refractivity contribution >= 4 is 34.6 Å². The second kappa shape index (κ2) is 4.48. The van der Waals surface area contributed by atoms with Crippen LogP contribution in [-0.4, -0.2) is 10.2 Å². The minimum atomic E-state index is -0.168. The first-order valence-electron chi connectivity index (χ1n) is 4.96. The Morgan fingerprint density at radius 1 is 0.722 bits per heavy atom. The second-order valence-corrected chi connectivity index (χ2v) is 4.61. The van der Waals surface area contributed by atoms with Gasteiger partial charge in [-0.15, -0.1) is 0 Å². The van der Waals surface area contributed by atoms with Gasteiger partial charge in [0, 0.05) is 0 Å². The lowest BCUT2D eigenvalue weighted by molar-refractivity contribution is 0.477. The van der Waals surface area contributed by atoms with Gasteiger partial charge in [0.1, 0.15) is 0 Å². The highest BCUT2D eigenvalue weighted by Crippen LogP contribution is 2.39. The number of phenols is 2. The number of anilines is 2. The smallest absolute Gasteiger partial charge is 0.157 e. The van der Waals surface area contributed by atoms with E-state index in [0.717, 1.165) is 0 Å². The van der Waals surface area contributed by atoms with Crippen LogP contribution < -0.4 is 11.5 Å². The number of rotatable bonds is 1. The average Bonchev–Trinajstić information content (AvgIpc) is 2.31. The molecule has 6 heteroatoms. The molecular formula is C12H10Cl2N2O2. The predicted molar refractivity (Wildman–Crippen MR) is 74.1 cm³/mol. The first-order chi connectivity index (χ1) is 8.40. The van der Waals surface area contributed by atoms with Gasteiger partial charge in [-0.2, -0.15) is 0 Å². The number of hydrogen-bond acceptors (Lipinski definition) is 4. The van der Waals surface area contributed by atoms with Gasteiger partial charge in [0.2, 0.25) is 0 Å². The summed E-state index contributed by atoms with van der Waals surface area (Å²) in [6, 6.07) is 6.16. The lowest BCUT2D eigenvalue weighted by Gasteiger charge is -2.09. The average molecular weight is 285 g/mol. The number of benzene rings is 2. The largest absolute Gasteiger partial charge is 0.504 e. The summed E-state index contributed by atoms with van der Waals surface area (Å²) < 4.78 is 0. The molecule has 0 aliphatic rings. The van der Waals surface area contributed by atoms with Crippen molar-refractivity contribution < 1.29 is 10.2 Å². The van der Waals surface area contributed by atoms with E-state index in [9.17, 15) is 10.2 Å². The van der Waals surface area contributed by atoms with Gasteiger partial charge < -0.3 is 21.7 Å². The van der Waals surface area contributed by atoms with E-state index in [0.29, 0.717) is 11.1 Å². The Kier molecular flexibility index (Phi) is 3.15. The van der Waals surface area contributed by atoms with Crippen LogP contribution in [0.3, 0.4) is 0 Å². The molecule has 0 unspecified atom stereocenters. The van der Waals surface area contributed by atoms with Gasteiger partial charge in [0.25, 0.3) is 0 Å². The molecular weight excluding hydrogens is 275 g/mol. The van der Waals surface area contributed by atoms with Crippen molar-refractivity contribution in [3.05, 3.63) is 34.3 Å². The Morgan fingerprint density at radius 3 is 1.33 bits per heavy atom. The Bertz CT molecular complexity index is 528. The van der Waals surface area contributed by atoms with Gasteiger partial charge in [0.05, 0.1) is 21.4 Å². The Labute approximate surface area is 113 Å². The molecule has 6 N–H and O–H groups in total. The van der Waals surface area contributed by atoms with Crippen LogP contribution in [0.5, 0.6) is 11.5 Å². The summed E-state index contributed by atoms with van der Waals surface area (Å²) in [5.41, 5.74) is 12.8. The zero-order valence-corrected chi connectivity index (χ0v) is 10.6. The zero-order chi connectivity index (χ0) is 13.4. The number of phenolic OH excluding ortho intramolecular Hbond substituents is 2. The molecule has 0 aliphatic heterocycles. The van der Waals surface area contributed by atoms with E-state index in [1.54, 1.807) is 12.1 Å². The number of aromatic hydroxyl groups is 2. The molecule has 0 spiro atoms. The predicted octanol–water partition coefficient (Wildman–Crippen LogP) is 3.24. The van der Waals surface area contributed by atoms with E-state index < -0.39 is 0 Å². The fourth-order valence-corrected chi connectivity index (χ4v) is 2.03. The molecule has 18 heavy (non-hydrogen) atoms. The number of halogens is 2. The molecule has 0 atom stereocenters. The maximum atomic E-state index is 9.48. The van der Waals surface area contributed by atoms with E-state index in [1.807, 2.05) is 0 Å². The third kappa shape index (κ3) is 2.12. The van der Waals surface area contributed by atoms with Crippen molar-refractivity contribution in [2.75, 3.05) is 11.5 Å². The van der Waals surface area contributed by atoms with Gasteiger partial charge in [0.15, 0.2) is 11.5 Å². The fraction of sp³-hybridized carbons (Fsp3) is 0. The van der Waals surface area contributed by atoms with E-state index in [2.05, 4.69) is 0 Å². The topological polar surface area (TPSA) is 92.5 Å². The number of nitrogen functional groups attached to an aromatic ring is 2. The van der Waals surface area contributed by atoms with Crippen LogP contribution in [0.2, 0.25) is 10.0 Å². The van der Waals surface area contributed by atoms with E-state index >= 15 is 0 Å². The minimum absolute atomic E-state index is 0.132. The van der Waals surface area contributed by atoms with Crippen LogP contribution in [0.15, 0.2) is 24.3 Å². The van der Waals surface area contributed by atoms with Crippen molar-refractivity contribution in [2.45, 2.75) is 0 Å². The zero-order valence-electron chi connectivity index (χ0n) is 9.11. The SMILES string of the molecule is Nc1cc(-c2cc(N)c(O)c(Cl)c2)cc(Cl)c1O. The maximum absolute atomic E-state index is 9.48. The molecule has 0 aromatic heterocycles. The van der Waals surface area contributed by atoms with Crippen molar-refractivity contribution in [1.82, 2.24) is 0 Å². The van der Waals surface area contributed by atoms with Crippen molar-refractivity contribution in [1.29, 1.82) is 0 Å². The summed E-state index contributed by atoms with van der Waals surface area (Å²) in [4.78, 5) is 0. The van der Waals surface area contributed by atoms with Crippen LogP contribution in [0, 0.1) is 0 Å². The lowest BCUT2D eigenvalue weighted by atomic mass is 10.0. The maximum Gasteiger partial charge on any atom is 0.157 e. The lowest BCUT2D eigenvalue weighted by Crippen LogP contribution is -1.91. The van der Waals surface area contributed by atoms with Gasteiger partial charge in [-0.25, -0.2) is 0 Å². The van der Waals surface area contributed by atoms with Gasteiger partial charge >= 0.3 is 0 Å². The Hall–Kier alpha value is -1.78. The van der Waals surface area contributed by atoms with E-state index in [1.165, 1.54) is 12.1 Å². The molecule has 2 aromatic rings. The third-order valence-corrected chi connectivity index (χ3v) is 3.10. The van der Waals surface area contributed by atoms with E-state index in [-0.39, 0.29) is 32.9 Å². The fourth-order valence-electron chi connectivity index (χ4n) is 1.57. The summed E-state index contributed by atoms with van der Waals surface area (Å²) in [5, 5.41) is 19.2. The molecule has 4 nitrogen and oxygen atoms in total. The molecule has 2 aromatic carbocycles. The van der Waals surface area contributed by atoms with Crippen molar-refractivity contribution in [3.8, 4) is 22.6 Å². The van der Waals surface area contributed by atoms with Crippen LogP contribution in [-0.2, 0) is 0 Å². The number of hydrogen-bond donors (Lipinski definition) is 4. The quantitative estimate of drug-likeness (QED) is 0.478. The normalized spacial score (nSPS) is 10.6. The molecule has 0 fully saturated rings. The highest BCUT2D eigenvalue weighted by molar-refractivity contribution is 6.33. The van der Waals surface area contributed by atoms with E-state index in [4.69, 9.17) is 34.7 Å². The van der Waals surface area contributed by atoms with Crippen LogP contribution >= 0.6 is 23.2 Å². The summed E-state index contributed by atoms with van der Waals surface area (Å²) >= 11 is 11.7. The summed E-state index contributed by atoms with van der Waals surface area (Å²) in [6.45, 7) is 0. The summed E-state index contributed by atoms with van der Waals surface area (Å²) in [5.74, 6) is -0.337. The summed E-state index contributed by atoms with van der Waals surface area (Å²) in [7, 11) is 0. The van der Waals surface area contributed by atoms with Crippen LogP contribution in [0.1, 0.15) is 0 Å². The Balaban J connectivity index is 2.63. The molecule has 0 saturated carbocycles. The molecule has 0 radical (unpaired) electrons. The monoisotopic (exact) mass is 284 g/mol. The highest BCUT2D eigenvalue weighted by atomic mass is 35.5. The van der Waals surface area contributed by atoms with Crippen molar-refractivity contribution in [2.24, 2.45) is 0 Å². The molecule has 0 amide bonds. The second-order valence-electron chi connectivity index (χ2n) is 3.79. The van der Waals surface area contributed by atoms with Crippen LogP contribution in [0.4, 0.5) is 11.4 Å². The Morgan fingerprint density at radius 2 is 1.06 bits per heavy atom. The first-order valence-corrected chi connectivity index (χ1v) is 5.72. The molecule has 94 valence electrons. The minimum Gasteiger partial charge on any atom is -0.504 e. The molecule has 0 saturated heterocycles. The third-order valence-electron chi connectivity index (χ3n) is 2.52. The van der Waals surface area contributed by atoms with Crippen LogP contribution in [0.25, 0.3) is 11.1 Å². The number of nitrogens with two attached hydrogens (primary N) is 2. The van der Waals surface area contributed by atoms with Crippen molar-refractivity contribution in [3.63, 3.8) is 0 Å². The van der Waals surface area contributed by atoms with Gasteiger partial charge in [-0.05, 0) is 35.4 Å². The first kappa shape index (κ1) is 12.7. The van der Waals surface area contributed by atoms with Gasteiger partial charge in [-0.1, -0.05) is 23.2 Å². The molecule has 0 heterocycles. The highest BCUT2D eigenvalue weighted by Gasteiger charge is 2.11. The summed E-state index contributed by atoms with van der Waals surface area (Å²) in [6.07, 6.45) is 0. The molecule has 0 aliphatic carbocycles. The van der Waals surface area contributed by atoms with Gasteiger partial charge in [-0.3, -0.25) is 0 Å². The molecule has 2 rings (SSSR count). The molecule has 0 bridgehead atoms.